The van der Waals surface area contributed by atoms with Gasteiger partial charge in [0, 0.05) is 64.6 Å². The average molecular weight is 819 g/mol. The normalized spacial score (nSPS) is 23.4. The van der Waals surface area contributed by atoms with Crippen molar-refractivity contribution in [2.24, 2.45) is 27.2 Å². The van der Waals surface area contributed by atoms with Gasteiger partial charge in [-0.15, -0.1) is 0 Å². The quantitative estimate of drug-likeness (QED) is 0.0720. The summed E-state index contributed by atoms with van der Waals surface area (Å²) in [6.45, 7) is 10.8. The maximum Gasteiger partial charge on any atom is 0.246 e. The highest BCUT2D eigenvalue weighted by molar-refractivity contribution is 5.95. The summed E-state index contributed by atoms with van der Waals surface area (Å²) in [6.07, 6.45) is 8.56. The van der Waals surface area contributed by atoms with Gasteiger partial charge < -0.3 is 54.0 Å². The van der Waals surface area contributed by atoms with Gasteiger partial charge in [-0.05, 0) is 89.9 Å². The molecule has 0 aromatic heterocycles. The van der Waals surface area contributed by atoms with Gasteiger partial charge in [0.25, 0.3) is 0 Å². The maximum atomic E-state index is 13.8. The first-order chi connectivity index (χ1) is 27.6. The molecule has 2 fully saturated rings. The van der Waals surface area contributed by atoms with Crippen LogP contribution in [0.5, 0.6) is 0 Å². The highest BCUT2D eigenvalue weighted by Gasteiger charge is 2.39. The summed E-state index contributed by atoms with van der Waals surface area (Å²) in [5.41, 5.74) is 15.2. The van der Waals surface area contributed by atoms with Crippen LogP contribution >= 0.6 is 0 Å². The first kappa shape index (κ1) is 49.5. The zero-order chi connectivity index (χ0) is 43.1. The van der Waals surface area contributed by atoms with Gasteiger partial charge in [-0.2, -0.15) is 0 Å². The second-order valence-electron chi connectivity index (χ2n) is 15.7. The van der Waals surface area contributed by atoms with E-state index in [1.165, 1.54) is 6.92 Å². The van der Waals surface area contributed by atoms with Crippen molar-refractivity contribution in [3.8, 4) is 0 Å². The van der Waals surface area contributed by atoms with E-state index in [0.29, 0.717) is 110 Å². The summed E-state index contributed by atoms with van der Waals surface area (Å²) < 4.78 is 0. The number of amides is 6. The van der Waals surface area contributed by atoms with Crippen LogP contribution in [0.4, 0.5) is 0 Å². The summed E-state index contributed by atoms with van der Waals surface area (Å²) in [5.74, 6) is -1.26. The van der Waals surface area contributed by atoms with Crippen molar-refractivity contribution >= 4 is 47.4 Å². The molecule has 2 aliphatic heterocycles. The van der Waals surface area contributed by atoms with Gasteiger partial charge in [-0.25, -0.2) is 0 Å². The molecule has 6 amide bonds. The van der Waals surface area contributed by atoms with Crippen LogP contribution in [0, 0.1) is 0 Å². The predicted octanol–water partition coefficient (Wildman–Crippen LogP) is 0.916. The third-order valence-corrected chi connectivity index (χ3v) is 11.5. The van der Waals surface area contributed by atoms with Crippen molar-refractivity contribution in [1.29, 1.82) is 0 Å². The molecule has 2 heterocycles. The Morgan fingerprint density at radius 3 is 1.93 bits per heavy atom. The van der Waals surface area contributed by atoms with E-state index in [1.807, 2.05) is 27.7 Å². The van der Waals surface area contributed by atoms with E-state index in [9.17, 15) is 28.8 Å². The molecule has 0 aromatic carbocycles. The van der Waals surface area contributed by atoms with Crippen LogP contribution in [0.25, 0.3) is 0 Å². The molecular weight excluding hydrogens is 745 g/mol. The Hall–Kier alpha value is -4.64. The zero-order valence-corrected chi connectivity index (χ0v) is 35.8. The third-order valence-electron chi connectivity index (χ3n) is 11.5. The molecule has 1 unspecified atom stereocenters. The third kappa shape index (κ3) is 16.7. The minimum atomic E-state index is -1.11. The number of nitrogens with two attached hydrogens (primary N) is 3. The van der Waals surface area contributed by atoms with Gasteiger partial charge in [0.1, 0.15) is 17.1 Å². The maximum absolute atomic E-state index is 13.8. The van der Waals surface area contributed by atoms with E-state index in [-0.39, 0.29) is 72.9 Å². The smallest absolute Gasteiger partial charge is 0.246 e. The monoisotopic (exact) mass is 819 g/mol. The summed E-state index contributed by atoms with van der Waals surface area (Å²) in [7, 11) is 0. The number of hydrogen-bond donors (Lipinski definition) is 9. The van der Waals surface area contributed by atoms with Crippen molar-refractivity contribution < 1.29 is 28.8 Å². The fraction of sp³-hybridized carbons (Fsp3) is 0.800. The van der Waals surface area contributed by atoms with E-state index in [1.54, 1.807) is 4.90 Å². The fourth-order valence-electron chi connectivity index (χ4n) is 7.55. The van der Waals surface area contributed by atoms with Crippen molar-refractivity contribution in [2.75, 3.05) is 32.7 Å². The first-order valence-electron chi connectivity index (χ1n) is 21.5. The lowest BCUT2D eigenvalue weighted by atomic mass is 9.90. The number of aliphatic imine (C=N–C) groups is 2. The van der Waals surface area contributed by atoms with E-state index in [4.69, 9.17) is 17.2 Å². The van der Waals surface area contributed by atoms with Crippen molar-refractivity contribution in [2.45, 2.75) is 173 Å². The molecule has 0 spiro atoms. The Morgan fingerprint density at radius 1 is 0.759 bits per heavy atom. The highest BCUT2D eigenvalue weighted by Crippen LogP contribution is 2.20. The van der Waals surface area contributed by atoms with E-state index < -0.39 is 23.2 Å². The van der Waals surface area contributed by atoms with Crippen LogP contribution in [0.2, 0.25) is 0 Å². The molecule has 0 aliphatic carbocycles. The molecule has 18 heteroatoms. The van der Waals surface area contributed by atoms with Crippen LogP contribution in [-0.2, 0) is 28.8 Å². The van der Waals surface area contributed by atoms with Gasteiger partial charge in [0.2, 0.25) is 35.4 Å². The van der Waals surface area contributed by atoms with Crippen LogP contribution in [0.3, 0.4) is 0 Å². The Labute approximate surface area is 345 Å². The van der Waals surface area contributed by atoms with Gasteiger partial charge >= 0.3 is 0 Å². The van der Waals surface area contributed by atoms with Crippen LogP contribution in [0.15, 0.2) is 9.98 Å². The molecule has 0 bridgehead atoms. The minimum Gasteiger partial charge on any atom is -0.370 e. The summed E-state index contributed by atoms with van der Waals surface area (Å²) >= 11 is 0. The second-order valence-corrected chi connectivity index (χ2v) is 15.7. The zero-order valence-electron chi connectivity index (χ0n) is 35.8. The van der Waals surface area contributed by atoms with E-state index in [0.717, 1.165) is 12.8 Å². The average Bonchev–Trinajstić information content (AvgIpc) is 3.18. The van der Waals surface area contributed by atoms with Gasteiger partial charge in [0.15, 0.2) is 11.9 Å². The minimum absolute atomic E-state index is 0.0156. The number of carbonyl (C=O) groups excluding carboxylic acids is 6. The van der Waals surface area contributed by atoms with Crippen molar-refractivity contribution in [3.05, 3.63) is 0 Å². The van der Waals surface area contributed by atoms with Crippen molar-refractivity contribution in [3.63, 3.8) is 0 Å². The standard InChI is InChI=1S/C40H74N12O6/c1-6-39(7-2)35(57)47-30(18-14-24-45-37(41)42)27-52(28(5)53)26-16-19-29(17-13-22-33(55)51-39)48-38(43)46-25-15-20-31-34(56)44-23-12-10-11-21-32(54)50-40(8-3,9-4)36(58)49-31/h29-31H,6-27H2,1-5H3,(H,44,56)(H,47,57)(H,49,58)(H,50,54)(H,51,55)(H4,41,42,45)(H3,43,46,48)/t29?,30-,31-/m0/s1. The lowest BCUT2D eigenvalue weighted by Crippen LogP contribution is -2.61. The molecule has 2 saturated heterocycles. The van der Waals surface area contributed by atoms with Gasteiger partial charge in [-0.3, -0.25) is 38.8 Å². The number of rotatable bonds is 13. The summed E-state index contributed by atoms with van der Waals surface area (Å²) in [4.78, 5) is 89.7. The number of nitrogens with zero attached hydrogens (tertiary/aromatic N) is 3. The molecule has 3 atom stereocenters. The molecule has 12 N–H and O–H groups in total. The van der Waals surface area contributed by atoms with Crippen LogP contribution in [0.1, 0.15) is 144 Å². The predicted molar refractivity (Wildman–Crippen MR) is 226 cm³/mol. The van der Waals surface area contributed by atoms with Crippen molar-refractivity contribution in [1.82, 2.24) is 36.8 Å². The summed E-state index contributed by atoms with van der Waals surface area (Å²) in [6, 6.07) is -1.36. The number of hydrogen-bond acceptors (Lipinski definition) is 8. The largest absolute Gasteiger partial charge is 0.370 e. The van der Waals surface area contributed by atoms with Crippen LogP contribution in [-0.4, -0.2) is 114 Å². The lowest BCUT2D eigenvalue weighted by Gasteiger charge is -2.35. The van der Waals surface area contributed by atoms with E-state index >= 15 is 0 Å². The number of guanidine groups is 2. The highest BCUT2D eigenvalue weighted by atomic mass is 16.2. The van der Waals surface area contributed by atoms with Crippen LogP contribution < -0.4 is 49.1 Å². The topological polar surface area (TPSA) is 281 Å². The summed E-state index contributed by atoms with van der Waals surface area (Å²) in [5, 5.41) is 18.2. The number of carbonyl (C=O) groups is 6. The second kappa shape index (κ2) is 25.7. The molecule has 0 radical (unpaired) electrons. The molecule has 0 aromatic rings. The molecular formula is C40H74N12O6. The molecule has 2 rings (SSSR count). The molecule has 2 aliphatic rings. The molecule has 0 saturated carbocycles. The Balaban J connectivity index is 2.19. The van der Waals surface area contributed by atoms with Gasteiger partial charge in [0.05, 0.1) is 0 Å². The molecule has 18 nitrogen and oxygen atoms in total. The van der Waals surface area contributed by atoms with Gasteiger partial charge in [-0.1, -0.05) is 34.1 Å². The molecule has 58 heavy (non-hydrogen) atoms. The fourth-order valence-corrected chi connectivity index (χ4v) is 7.55. The Bertz CT molecular complexity index is 1410. The Kier molecular flexibility index (Phi) is 21.9. The van der Waals surface area contributed by atoms with E-state index in [2.05, 4.69) is 41.9 Å². The molecule has 330 valence electrons. The first-order valence-corrected chi connectivity index (χ1v) is 21.5. The lowest BCUT2D eigenvalue weighted by molar-refractivity contribution is -0.136. The number of nitrogens with one attached hydrogen (secondary N) is 6. The Morgan fingerprint density at radius 2 is 1.33 bits per heavy atom. The SMILES string of the molecule is CCC1(CC)NC(=O)CCCC(NC(N)=NCCC[C@@H]2NC(=O)C(CC)(CC)NC(=O)CCCCCNC2=O)CCCN(C(C)=O)C[C@H](CCCN=C(N)N)NC1=O.